The van der Waals surface area contributed by atoms with Crippen molar-refractivity contribution in [3.63, 3.8) is 0 Å². The Balaban J connectivity index is 0.00000220. The molecular weight excluding hydrogens is 286 g/mol. The molecule has 0 aromatic heterocycles. The lowest BCUT2D eigenvalue weighted by molar-refractivity contribution is 0.130. The zero-order chi connectivity index (χ0) is 14.4. The lowest BCUT2D eigenvalue weighted by Gasteiger charge is -2.35. The van der Waals surface area contributed by atoms with Gasteiger partial charge in [0.25, 0.3) is 0 Å². The molecule has 2 unspecified atom stereocenters. The Bertz CT molecular complexity index is 414. The number of nitrogens with zero attached hydrogens (tertiary/aromatic N) is 1. The summed E-state index contributed by atoms with van der Waals surface area (Å²) in [7, 11) is 1.68. The van der Waals surface area contributed by atoms with Gasteiger partial charge in [0.2, 0.25) is 0 Å². The lowest BCUT2D eigenvalue weighted by atomic mass is 9.89. The number of rotatable bonds is 6. The minimum atomic E-state index is 0. The molecule has 4 heteroatoms. The Kier molecular flexibility index (Phi) is 7.91. The molecule has 21 heavy (non-hydrogen) atoms. The number of para-hydroxylation sites is 2. The zero-order valence-electron chi connectivity index (χ0n) is 13.4. The van der Waals surface area contributed by atoms with Crippen LogP contribution in [0.5, 0.6) is 11.5 Å². The smallest absolute Gasteiger partial charge is 0.161 e. The third-order valence-electron chi connectivity index (χ3n) is 4.36. The molecule has 2 atom stereocenters. The summed E-state index contributed by atoms with van der Waals surface area (Å²) in [6.45, 7) is 9.08. The minimum Gasteiger partial charge on any atom is -0.493 e. The van der Waals surface area contributed by atoms with Crippen molar-refractivity contribution in [1.29, 1.82) is 0 Å². The molecule has 0 amide bonds. The van der Waals surface area contributed by atoms with Gasteiger partial charge in [-0.2, -0.15) is 0 Å². The van der Waals surface area contributed by atoms with Crippen LogP contribution in [0.3, 0.4) is 0 Å². The van der Waals surface area contributed by atoms with E-state index in [4.69, 9.17) is 9.47 Å². The highest BCUT2D eigenvalue weighted by atomic mass is 35.5. The monoisotopic (exact) mass is 313 g/mol. The fourth-order valence-electron chi connectivity index (χ4n) is 2.76. The molecule has 1 aliphatic rings. The van der Waals surface area contributed by atoms with Crippen LogP contribution >= 0.6 is 12.4 Å². The molecule has 1 aromatic rings. The van der Waals surface area contributed by atoms with Gasteiger partial charge in [0.15, 0.2) is 11.5 Å². The molecule has 0 radical (unpaired) electrons. The molecule has 2 rings (SSSR count). The quantitative estimate of drug-likeness (QED) is 0.744. The molecule has 3 nitrogen and oxygen atoms in total. The third kappa shape index (κ3) is 5.40. The summed E-state index contributed by atoms with van der Waals surface area (Å²) in [5.74, 6) is 3.35. The van der Waals surface area contributed by atoms with Gasteiger partial charge < -0.3 is 14.4 Å². The van der Waals surface area contributed by atoms with Crippen molar-refractivity contribution in [3.05, 3.63) is 24.3 Å². The van der Waals surface area contributed by atoms with Gasteiger partial charge in [-0.3, -0.25) is 0 Å². The first-order valence-electron chi connectivity index (χ1n) is 7.69. The van der Waals surface area contributed by atoms with Crippen LogP contribution < -0.4 is 9.47 Å². The second-order valence-electron chi connectivity index (χ2n) is 5.90. The normalized spacial score (nSPS) is 22.4. The fraction of sp³-hybridized carbons (Fsp3) is 0.647. The fourth-order valence-corrected chi connectivity index (χ4v) is 2.76. The van der Waals surface area contributed by atoms with Gasteiger partial charge in [-0.25, -0.2) is 0 Å². The molecule has 0 saturated carbocycles. The predicted molar refractivity (Wildman–Crippen MR) is 89.7 cm³/mol. The zero-order valence-corrected chi connectivity index (χ0v) is 14.2. The summed E-state index contributed by atoms with van der Waals surface area (Å²) >= 11 is 0. The Morgan fingerprint density at radius 3 is 2.52 bits per heavy atom. The van der Waals surface area contributed by atoms with Crippen LogP contribution in [-0.4, -0.2) is 38.3 Å². The van der Waals surface area contributed by atoms with E-state index in [1.165, 1.54) is 19.5 Å². The first-order valence-corrected chi connectivity index (χ1v) is 7.69. The highest BCUT2D eigenvalue weighted by Gasteiger charge is 2.21. The van der Waals surface area contributed by atoms with Gasteiger partial charge in [-0.05, 0) is 43.4 Å². The highest BCUT2D eigenvalue weighted by molar-refractivity contribution is 5.85. The molecule has 120 valence electrons. The first-order chi connectivity index (χ1) is 9.70. The largest absolute Gasteiger partial charge is 0.493 e. The van der Waals surface area contributed by atoms with E-state index in [0.717, 1.165) is 42.9 Å². The summed E-state index contributed by atoms with van der Waals surface area (Å²) in [6.07, 6.45) is 2.40. The van der Waals surface area contributed by atoms with Gasteiger partial charge in [0, 0.05) is 13.1 Å². The number of hydrogen-bond acceptors (Lipinski definition) is 3. The van der Waals surface area contributed by atoms with Gasteiger partial charge in [0.1, 0.15) is 0 Å². The van der Waals surface area contributed by atoms with Crippen LogP contribution in [0.15, 0.2) is 24.3 Å². The maximum Gasteiger partial charge on any atom is 0.161 e. The Morgan fingerprint density at radius 1 is 1.14 bits per heavy atom. The molecule has 0 spiro atoms. The topological polar surface area (TPSA) is 21.7 Å². The number of likely N-dealkylation sites (tertiary alicyclic amines) is 1. The van der Waals surface area contributed by atoms with Crippen molar-refractivity contribution >= 4 is 12.4 Å². The van der Waals surface area contributed by atoms with Crippen LogP contribution in [-0.2, 0) is 0 Å². The predicted octanol–water partition coefficient (Wildman–Crippen LogP) is 3.86. The number of halogens is 1. The number of methoxy groups -OCH3 is 1. The standard InChI is InChI=1S/C17H27NO2.ClH/c1-14-9-11-18(13-15(14)2)10-6-12-20-17-8-5-4-7-16(17)19-3;/h4-5,7-8,14-15H,6,9-13H2,1-3H3;1H. The van der Waals surface area contributed by atoms with E-state index in [9.17, 15) is 0 Å². The summed E-state index contributed by atoms with van der Waals surface area (Å²) in [4.78, 5) is 2.57. The van der Waals surface area contributed by atoms with Crippen LogP contribution in [0.4, 0.5) is 0 Å². The van der Waals surface area contributed by atoms with E-state index in [1.54, 1.807) is 7.11 Å². The van der Waals surface area contributed by atoms with Crippen molar-refractivity contribution in [2.45, 2.75) is 26.7 Å². The summed E-state index contributed by atoms with van der Waals surface area (Å²) < 4.78 is 11.1. The van der Waals surface area contributed by atoms with Crippen LogP contribution in [0.25, 0.3) is 0 Å². The van der Waals surface area contributed by atoms with E-state index in [0.29, 0.717) is 0 Å². The molecule has 1 aliphatic heterocycles. The summed E-state index contributed by atoms with van der Waals surface area (Å²) in [6, 6.07) is 7.83. The van der Waals surface area contributed by atoms with E-state index in [-0.39, 0.29) is 12.4 Å². The average molecular weight is 314 g/mol. The van der Waals surface area contributed by atoms with Crippen molar-refractivity contribution < 1.29 is 9.47 Å². The summed E-state index contributed by atoms with van der Waals surface area (Å²) in [5, 5.41) is 0. The number of piperidine rings is 1. The molecular formula is C17H28ClNO2. The van der Waals surface area contributed by atoms with Gasteiger partial charge in [0.05, 0.1) is 13.7 Å². The Morgan fingerprint density at radius 2 is 1.86 bits per heavy atom. The van der Waals surface area contributed by atoms with Crippen LogP contribution in [0.1, 0.15) is 26.7 Å². The van der Waals surface area contributed by atoms with Gasteiger partial charge >= 0.3 is 0 Å². The second-order valence-corrected chi connectivity index (χ2v) is 5.90. The van der Waals surface area contributed by atoms with Crippen molar-refractivity contribution in [3.8, 4) is 11.5 Å². The number of benzene rings is 1. The molecule has 0 aliphatic carbocycles. The van der Waals surface area contributed by atoms with Crippen molar-refractivity contribution in [2.24, 2.45) is 11.8 Å². The molecule has 1 saturated heterocycles. The molecule has 1 aromatic carbocycles. The lowest BCUT2D eigenvalue weighted by Crippen LogP contribution is -2.39. The van der Waals surface area contributed by atoms with E-state index in [1.807, 2.05) is 24.3 Å². The van der Waals surface area contributed by atoms with Gasteiger partial charge in [-0.1, -0.05) is 26.0 Å². The SMILES string of the molecule is COc1ccccc1OCCCN1CCC(C)C(C)C1.Cl. The first kappa shape index (κ1) is 18.1. The maximum absolute atomic E-state index is 5.82. The van der Waals surface area contributed by atoms with E-state index in [2.05, 4.69) is 18.7 Å². The van der Waals surface area contributed by atoms with E-state index < -0.39 is 0 Å². The molecule has 1 fully saturated rings. The third-order valence-corrected chi connectivity index (χ3v) is 4.36. The van der Waals surface area contributed by atoms with Crippen molar-refractivity contribution in [1.82, 2.24) is 4.90 Å². The molecule has 1 heterocycles. The molecule has 0 bridgehead atoms. The average Bonchev–Trinajstić information content (AvgIpc) is 2.47. The number of hydrogen-bond donors (Lipinski definition) is 0. The van der Waals surface area contributed by atoms with Crippen LogP contribution in [0.2, 0.25) is 0 Å². The maximum atomic E-state index is 5.82. The number of ether oxygens (including phenoxy) is 2. The summed E-state index contributed by atoms with van der Waals surface area (Å²) in [5.41, 5.74) is 0. The second kappa shape index (κ2) is 9.16. The van der Waals surface area contributed by atoms with Crippen molar-refractivity contribution in [2.75, 3.05) is 33.4 Å². The van der Waals surface area contributed by atoms with Gasteiger partial charge in [-0.15, -0.1) is 12.4 Å². The molecule has 0 N–H and O–H groups in total. The Labute approximate surface area is 135 Å². The highest BCUT2D eigenvalue weighted by Crippen LogP contribution is 2.26. The van der Waals surface area contributed by atoms with Crippen LogP contribution in [0, 0.1) is 11.8 Å². The van der Waals surface area contributed by atoms with E-state index >= 15 is 0 Å². The Hall–Kier alpha value is -0.930. The minimum absolute atomic E-state index is 0.